The van der Waals surface area contributed by atoms with Gasteiger partial charge in [0.25, 0.3) is 0 Å². The Morgan fingerprint density at radius 3 is 2.78 bits per heavy atom. The Kier molecular flexibility index (Phi) is 4.95. The Morgan fingerprint density at radius 1 is 1.22 bits per heavy atom. The summed E-state index contributed by atoms with van der Waals surface area (Å²) in [4.78, 5) is 13.3. The van der Waals surface area contributed by atoms with Gasteiger partial charge in [-0.15, -0.1) is 0 Å². The van der Waals surface area contributed by atoms with Gasteiger partial charge in [0.15, 0.2) is 5.75 Å². The van der Waals surface area contributed by atoms with E-state index in [-0.39, 0.29) is 0 Å². The number of ether oxygens (including phenoxy) is 2. The quantitative estimate of drug-likeness (QED) is 0.887. The van der Waals surface area contributed by atoms with E-state index in [4.69, 9.17) is 14.6 Å². The van der Waals surface area contributed by atoms with Gasteiger partial charge >= 0.3 is 6.09 Å². The van der Waals surface area contributed by atoms with Crippen LogP contribution in [0.1, 0.15) is 0 Å². The van der Waals surface area contributed by atoms with Gasteiger partial charge in [-0.25, -0.2) is 4.79 Å². The number of morpholine rings is 1. The minimum atomic E-state index is -1.10. The molecular weight excluding hydrogens is 296 g/mol. The number of carbonyl (C=O) groups is 1. The van der Waals surface area contributed by atoms with Crippen molar-refractivity contribution >= 4 is 22.6 Å². The largest absolute Gasteiger partial charge is 0.489 e. The molecule has 0 unspecified atom stereocenters. The molecule has 3 rings (SSSR count). The average Bonchev–Trinajstić information content (AvgIpc) is 2.57. The summed E-state index contributed by atoms with van der Waals surface area (Å²) in [6.45, 7) is 4.60. The lowest BCUT2D eigenvalue weighted by Gasteiger charge is -2.26. The van der Waals surface area contributed by atoms with Crippen LogP contribution in [0.2, 0.25) is 0 Å². The van der Waals surface area contributed by atoms with Gasteiger partial charge in [-0.2, -0.15) is 0 Å². The average molecular weight is 316 g/mol. The van der Waals surface area contributed by atoms with Crippen LogP contribution >= 0.6 is 0 Å². The summed E-state index contributed by atoms with van der Waals surface area (Å²) in [6, 6.07) is 11.4. The maximum absolute atomic E-state index is 11.0. The first-order chi connectivity index (χ1) is 11.2. The zero-order valence-corrected chi connectivity index (χ0v) is 12.8. The van der Waals surface area contributed by atoms with Gasteiger partial charge in [-0.3, -0.25) is 10.2 Å². The van der Waals surface area contributed by atoms with Crippen LogP contribution in [0.5, 0.6) is 5.75 Å². The maximum atomic E-state index is 11.0. The van der Waals surface area contributed by atoms with Crippen molar-refractivity contribution in [2.45, 2.75) is 0 Å². The summed E-state index contributed by atoms with van der Waals surface area (Å²) in [6.07, 6.45) is -1.10. The smallest absolute Gasteiger partial charge is 0.409 e. The number of fused-ring (bicyclic) bond motifs is 1. The maximum Gasteiger partial charge on any atom is 0.409 e. The number of amides is 1. The molecule has 6 heteroatoms. The highest BCUT2D eigenvalue weighted by Crippen LogP contribution is 2.33. The number of rotatable bonds is 5. The fourth-order valence-corrected chi connectivity index (χ4v) is 2.71. The molecular formula is C17H20N2O4. The molecule has 0 spiro atoms. The lowest BCUT2D eigenvalue weighted by Crippen LogP contribution is -2.38. The predicted octanol–water partition coefficient (Wildman–Crippen LogP) is 2.64. The standard InChI is InChI=1S/C17H20N2O4/c20-17(21)18-15-6-5-13-3-1-2-4-14(13)16(15)23-12-9-19-7-10-22-11-8-19/h1-6,18H,7-12H2,(H,20,21). The summed E-state index contributed by atoms with van der Waals surface area (Å²) in [7, 11) is 0. The Morgan fingerprint density at radius 2 is 2.00 bits per heavy atom. The van der Waals surface area contributed by atoms with Crippen molar-refractivity contribution < 1.29 is 19.4 Å². The minimum absolute atomic E-state index is 0.471. The van der Waals surface area contributed by atoms with Crippen LogP contribution < -0.4 is 10.1 Å². The van der Waals surface area contributed by atoms with E-state index < -0.39 is 6.09 Å². The molecule has 1 saturated heterocycles. The van der Waals surface area contributed by atoms with E-state index in [1.54, 1.807) is 6.07 Å². The molecule has 1 amide bonds. The second kappa shape index (κ2) is 7.30. The van der Waals surface area contributed by atoms with Gasteiger partial charge in [0.2, 0.25) is 0 Å². The Hall–Kier alpha value is -2.31. The fraction of sp³-hybridized carbons (Fsp3) is 0.353. The van der Waals surface area contributed by atoms with Crippen LogP contribution in [0, 0.1) is 0 Å². The lowest BCUT2D eigenvalue weighted by atomic mass is 10.1. The number of benzene rings is 2. The molecule has 0 radical (unpaired) electrons. The second-order valence-corrected chi connectivity index (χ2v) is 5.40. The summed E-state index contributed by atoms with van der Waals surface area (Å²) in [5.41, 5.74) is 0.471. The SMILES string of the molecule is O=C(O)Nc1ccc2ccccc2c1OCCN1CCOCC1. The summed E-state index contributed by atoms with van der Waals surface area (Å²) < 4.78 is 11.3. The van der Waals surface area contributed by atoms with Gasteiger partial charge in [0, 0.05) is 25.0 Å². The highest BCUT2D eigenvalue weighted by molar-refractivity contribution is 5.97. The van der Waals surface area contributed by atoms with Crippen LogP contribution in [-0.2, 0) is 4.74 Å². The van der Waals surface area contributed by atoms with Crippen molar-refractivity contribution in [2.75, 3.05) is 44.8 Å². The van der Waals surface area contributed by atoms with E-state index in [1.807, 2.05) is 30.3 Å². The highest BCUT2D eigenvalue weighted by Gasteiger charge is 2.13. The normalized spacial score (nSPS) is 15.5. The van der Waals surface area contributed by atoms with Gasteiger partial charge < -0.3 is 14.6 Å². The summed E-state index contributed by atoms with van der Waals surface area (Å²) in [5, 5.41) is 13.3. The molecule has 0 bridgehead atoms. The molecule has 0 saturated carbocycles. The van der Waals surface area contributed by atoms with Crippen molar-refractivity contribution in [1.29, 1.82) is 0 Å². The Labute approximate surface area is 134 Å². The minimum Gasteiger partial charge on any atom is -0.489 e. The lowest BCUT2D eigenvalue weighted by molar-refractivity contribution is 0.0323. The van der Waals surface area contributed by atoms with Crippen LogP contribution in [0.4, 0.5) is 10.5 Å². The van der Waals surface area contributed by atoms with Crippen LogP contribution in [0.25, 0.3) is 10.8 Å². The molecule has 1 aliphatic rings. The highest BCUT2D eigenvalue weighted by atomic mass is 16.5. The summed E-state index contributed by atoms with van der Waals surface area (Å²) >= 11 is 0. The van der Waals surface area contributed by atoms with Crippen molar-refractivity contribution in [1.82, 2.24) is 4.90 Å². The molecule has 0 aliphatic carbocycles. The van der Waals surface area contributed by atoms with Crippen molar-refractivity contribution in [2.24, 2.45) is 0 Å². The first kappa shape index (κ1) is 15.6. The van der Waals surface area contributed by atoms with Crippen molar-refractivity contribution in [3.8, 4) is 5.75 Å². The van der Waals surface area contributed by atoms with Crippen LogP contribution in [0.3, 0.4) is 0 Å². The number of nitrogens with one attached hydrogen (secondary N) is 1. The molecule has 23 heavy (non-hydrogen) atoms. The summed E-state index contributed by atoms with van der Waals surface area (Å²) in [5.74, 6) is 0.582. The zero-order chi connectivity index (χ0) is 16.1. The first-order valence-electron chi connectivity index (χ1n) is 7.68. The van der Waals surface area contributed by atoms with E-state index >= 15 is 0 Å². The van der Waals surface area contributed by atoms with E-state index in [9.17, 15) is 4.79 Å². The number of hydrogen-bond acceptors (Lipinski definition) is 4. The molecule has 0 atom stereocenters. The third-order valence-electron chi connectivity index (χ3n) is 3.88. The van der Waals surface area contributed by atoms with Crippen molar-refractivity contribution in [3.63, 3.8) is 0 Å². The molecule has 2 aromatic rings. The number of hydrogen-bond donors (Lipinski definition) is 2. The first-order valence-corrected chi connectivity index (χ1v) is 7.68. The van der Waals surface area contributed by atoms with Crippen LogP contribution in [0.15, 0.2) is 36.4 Å². The number of anilines is 1. The molecule has 2 aromatic carbocycles. The molecule has 1 aliphatic heterocycles. The Bertz CT molecular complexity index is 683. The second-order valence-electron chi connectivity index (χ2n) is 5.40. The molecule has 2 N–H and O–H groups in total. The zero-order valence-electron chi connectivity index (χ0n) is 12.8. The molecule has 1 fully saturated rings. The van der Waals surface area contributed by atoms with Gasteiger partial charge in [0.05, 0.1) is 18.9 Å². The number of nitrogens with zero attached hydrogens (tertiary/aromatic N) is 1. The van der Waals surface area contributed by atoms with Crippen LogP contribution in [-0.4, -0.2) is 55.6 Å². The predicted molar refractivity (Wildman–Crippen MR) is 88.3 cm³/mol. The van der Waals surface area contributed by atoms with Crippen molar-refractivity contribution in [3.05, 3.63) is 36.4 Å². The van der Waals surface area contributed by atoms with Gasteiger partial charge in [-0.05, 0) is 11.5 Å². The fourth-order valence-electron chi connectivity index (χ4n) is 2.71. The number of carboxylic acid groups (broad SMARTS) is 1. The molecule has 122 valence electrons. The van der Waals surface area contributed by atoms with Gasteiger partial charge in [-0.1, -0.05) is 30.3 Å². The van der Waals surface area contributed by atoms with E-state index in [1.165, 1.54) is 0 Å². The van der Waals surface area contributed by atoms with Gasteiger partial charge in [0.1, 0.15) is 6.61 Å². The van der Waals surface area contributed by atoms with E-state index in [2.05, 4.69) is 10.2 Å². The molecule has 1 heterocycles. The van der Waals surface area contributed by atoms with E-state index in [0.29, 0.717) is 18.0 Å². The third-order valence-corrected chi connectivity index (χ3v) is 3.88. The topological polar surface area (TPSA) is 71.0 Å². The molecule has 6 nitrogen and oxygen atoms in total. The van der Waals surface area contributed by atoms with E-state index in [0.717, 1.165) is 43.6 Å². The third kappa shape index (κ3) is 3.91. The molecule has 0 aromatic heterocycles. The monoisotopic (exact) mass is 316 g/mol. The Balaban J connectivity index is 1.77.